The fourth-order valence-electron chi connectivity index (χ4n) is 3.52. The zero-order valence-electron chi connectivity index (χ0n) is 17.8. The predicted octanol–water partition coefficient (Wildman–Crippen LogP) is 4.77. The highest BCUT2D eigenvalue weighted by molar-refractivity contribution is 6.33. The van der Waals surface area contributed by atoms with E-state index in [1.807, 2.05) is 30.9 Å². The Morgan fingerprint density at radius 1 is 1.06 bits per heavy atom. The highest BCUT2D eigenvalue weighted by Crippen LogP contribution is 2.30. The number of rotatable bonds is 7. The van der Waals surface area contributed by atoms with Crippen LogP contribution < -0.4 is 15.0 Å². The van der Waals surface area contributed by atoms with Crippen LogP contribution in [0, 0.1) is 6.92 Å². The molecule has 0 aliphatic carbocycles. The summed E-state index contributed by atoms with van der Waals surface area (Å²) in [7, 11) is 0. The maximum Gasteiger partial charge on any atom is 0.262 e. The number of hydrogen-bond acceptors (Lipinski definition) is 4. The zero-order valence-corrected chi connectivity index (χ0v) is 19.3. The number of carbonyl (C=O) groups is 2. The van der Waals surface area contributed by atoms with Gasteiger partial charge in [-0.1, -0.05) is 30.1 Å². The second-order valence-corrected chi connectivity index (χ2v) is 8.37. The molecule has 166 valence electrons. The average molecular weight is 464 g/mol. The maximum absolute atomic E-state index is 12.3. The van der Waals surface area contributed by atoms with Crippen molar-refractivity contribution in [3.8, 4) is 5.75 Å². The van der Waals surface area contributed by atoms with E-state index in [4.69, 9.17) is 27.9 Å². The lowest BCUT2D eigenvalue weighted by molar-refractivity contribution is -0.131. The van der Waals surface area contributed by atoms with Gasteiger partial charge in [0.05, 0.1) is 10.7 Å². The number of nitrogens with zero attached hydrogens (tertiary/aromatic N) is 2. The van der Waals surface area contributed by atoms with E-state index in [0.29, 0.717) is 41.0 Å². The fourth-order valence-corrected chi connectivity index (χ4v) is 4.05. The lowest BCUT2D eigenvalue weighted by Gasteiger charge is -2.36. The van der Waals surface area contributed by atoms with Gasteiger partial charge >= 0.3 is 0 Å². The molecule has 0 radical (unpaired) electrons. The monoisotopic (exact) mass is 463 g/mol. The van der Waals surface area contributed by atoms with Gasteiger partial charge < -0.3 is 19.9 Å². The van der Waals surface area contributed by atoms with E-state index in [-0.39, 0.29) is 18.4 Å². The Morgan fingerprint density at radius 3 is 2.45 bits per heavy atom. The van der Waals surface area contributed by atoms with Crippen LogP contribution >= 0.6 is 23.2 Å². The van der Waals surface area contributed by atoms with Gasteiger partial charge in [0.2, 0.25) is 5.91 Å². The average Bonchev–Trinajstić information content (AvgIpc) is 2.73. The Hall–Kier alpha value is -2.44. The van der Waals surface area contributed by atoms with Gasteiger partial charge in [0.1, 0.15) is 5.75 Å². The van der Waals surface area contributed by atoms with Crippen molar-refractivity contribution in [3.05, 3.63) is 52.0 Å². The summed E-state index contributed by atoms with van der Waals surface area (Å²) in [5.74, 6) is 0.549. The van der Waals surface area contributed by atoms with Gasteiger partial charge in [-0.3, -0.25) is 9.59 Å². The van der Waals surface area contributed by atoms with Crippen molar-refractivity contribution in [1.82, 2.24) is 4.90 Å². The Labute approximate surface area is 193 Å². The van der Waals surface area contributed by atoms with Crippen molar-refractivity contribution < 1.29 is 14.3 Å². The van der Waals surface area contributed by atoms with Crippen LogP contribution in [0.5, 0.6) is 5.75 Å². The molecule has 0 aromatic heterocycles. The molecule has 1 heterocycles. The van der Waals surface area contributed by atoms with Gasteiger partial charge in [-0.25, -0.2) is 0 Å². The Balaban J connectivity index is 1.53. The first kappa shape index (κ1) is 23.2. The molecule has 0 unspecified atom stereocenters. The normalized spacial score (nSPS) is 13.8. The van der Waals surface area contributed by atoms with Crippen LogP contribution in [0.25, 0.3) is 0 Å². The zero-order chi connectivity index (χ0) is 22.4. The summed E-state index contributed by atoms with van der Waals surface area (Å²) in [5.41, 5.74) is 2.37. The second-order valence-electron chi connectivity index (χ2n) is 7.53. The number of amides is 2. The molecular weight excluding hydrogens is 437 g/mol. The first-order valence-electron chi connectivity index (χ1n) is 10.4. The second kappa shape index (κ2) is 10.7. The highest BCUT2D eigenvalue weighted by atomic mass is 35.5. The van der Waals surface area contributed by atoms with Gasteiger partial charge in [-0.2, -0.15) is 0 Å². The smallest absolute Gasteiger partial charge is 0.262 e. The number of piperazine rings is 1. The van der Waals surface area contributed by atoms with E-state index in [2.05, 4.69) is 10.2 Å². The van der Waals surface area contributed by atoms with E-state index in [9.17, 15) is 9.59 Å². The number of halogens is 2. The minimum absolute atomic E-state index is 0.115. The van der Waals surface area contributed by atoms with E-state index >= 15 is 0 Å². The summed E-state index contributed by atoms with van der Waals surface area (Å²) in [4.78, 5) is 28.4. The topological polar surface area (TPSA) is 61.9 Å². The Morgan fingerprint density at radius 2 is 1.81 bits per heavy atom. The molecule has 2 amide bonds. The highest BCUT2D eigenvalue weighted by Gasteiger charge is 2.22. The molecule has 0 saturated carbocycles. The molecule has 31 heavy (non-hydrogen) atoms. The number of aryl methyl sites for hydroxylation is 1. The summed E-state index contributed by atoms with van der Waals surface area (Å²) in [6.07, 6.45) is 1.46. The first-order valence-corrected chi connectivity index (χ1v) is 11.1. The van der Waals surface area contributed by atoms with E-state index in [0.717, 1.165) is 30.8 Å². The molecule has 2 aromatic carbocycles. The Kier molecular flexibility index (Phi) is 8.04. The molecule has 0 spiro atoms. The minimum atomic E-state index is -0.277. The van der Waals surface area contributed by atoms with Gasteiger partial charge in [0.25, 0.3) is 5.91 Å². The lowest BCUT2D eigenvalue weighted by atomic mass is 10.2. The van der Waals surface area contributed by atoms with Crippen molar-refractivity contribution >= 4 is 46.4 Å². The van der Waals surface area contributed by atoms with Crippen LogP contribution in [0.2, 0.25) is 10.0 Å². The van der Waals surface area contributed by atoms with Crippen LogP contribution in [0.15, 0.2) is 36.4 Å². The van der Waals surface area contributed by atoms with Gasteiger partial charge in [-0.15, -0.1) is 0 Å². The largest absolute Gasteiger partial charge is 0.483 e. The minimum Gasteiger partial charge on any atom is -0.483 e. The summed E-state index contributed by atoms with van der Waals surface area (Å²) in [5, 5.41) is 3.98. The number of nitrogens with one attached hydrogen (secondary N) is 1. The third-order valence-electron chi connectivity index (χ3n) is 5.16. The summed E-state index contributed by atoms with van der Waals surface area (Å²) in [6.45, 7) is 6.61. The van der Waals surface area contributed by atoms with E-state index in [1.165, 1.54) is 0 Å². The van der Waals surface area contributed by atoms with Gasteiger partial charge in [0.15, 0.2) is 6.61 Å². The van der Waals surface area contributed by atoms with Crippen LogP contribution in [0.3, 0.4) is 0 Å². The third-order valence-corrected chi connectivity index (χ3v) is 5.70. The first-order chi connectivity index (χ1) is 14.9. The predicted molar refractivity (Wildman–Crippen MR) is 125 cm³/mol. The molecule has 1 saturated heterocycles. The molecule has 1 fully saturated rings. The third kappa shape index (κ3) is 6.28. The van der Waals surface area contributed by atoms with Crippen LogP contribution in [0.1, 0.15) is 25.3 Å². The van der Waals surface area contributed by atoms with E-state index in [1.54, 1.807) is 24.3 Å². The summed E-state index contributed by atoms with van der Waals surface area (Å²) >= 11 is 12.4. The standard InChI is InChI=1S/C23H27Cl2N3O3/c1-3-4-23(30)28-11-9-27(10-12-28)20-7-6-18(14-19(20)25)26-22(29)15-31-21-8-5-17(24)13-16(21)2/h5-8,13-14H,3-4,9-12,15H2,1-2H3,(H,26,29). The van der Waals surface area contributed by atoms with Crippen molar-refractivity contribution in [3.63, 3.8) is 0 Å². The molecule has 1 aliphatic rings. The van der Waals surface area contributed by atoms with Crippen LogP contribution in [0.4, 0.5) is 11.4 Å². The number of carbonyl (C=O) groups excluding carboxylic acids is 2. The van der Waals surface area contributed by atoms with Crippen molar-refractivity contribution in [2.24, 2.45) is 0 Å². The molecule has 0 atom stereocenters. The molecule has 3 rings (SSSR count). The number of benzene rings is 2. The van der Waals surface area contributed by atoms with Crippen molar-refractivity contribution in [1.29, 1.82) is 0 Å². The van der Waals surface area contributed by atoms with Crippen molar-refractivity contribution in [2.45, 2.75) is 26.7 Å². The van der Waals surface area contributed by atoms with Gasteiger partial charge in [0, 0.05) is 43.3 Å². The molecule has 2 aromatic rings. The molecule has 0 bridgehead atoms. The summed E-state index contributed by atoms with van der Waals surface area (Å²) < 4.78 is 5.58. The fraction of sp³-hybridized carbons (Fsp3) is 0.391. The molecule has 8 heteroatoms. The molecule has 6 nitrogen and oxygen atoms in total. The SMILES string of the molecule is CCCC(=O)N1CCN(c2ccc(NC(=O)COc3ccc(Cl)cc3C)cc2Cl)CC1. The lowest BCUT2D eigenvalue weighted by Crippen LogP contribution is -2.48. The van der Waals surface area contributed by atoms with Crippen LogP contribution in [-0.4, -0.2) is 49.5 Å². The quantitative estimate of drug-likeness (QED) is 0.642. The maximum atomic E-state index is 12.3. The summed E-state index contributed by atoms with van der Waals surface area (Å²) in [6, 6.07) is 10.7. The van der Waals surface area contributed by atoms with Crippen molar-refractivity contribution in [2.75, 3.05) is 43.0 Å². The number of hydrogen-bond donors (Lipinski definition) is 1. The number of ether oxygens (including phenoxy) is 1. The van der Waals surface area contributed by atoms with E-state index < -0.39 is 0 Å². The number of anilines is 2. The van der Waals surface area contributed by atoms with Crippen LogP contribution in [-0.2, 0) is 9.59 Å². The molecular formula is C23H27Cl2N3O3. The molecule has 1 aliphatic heterocycles. The Bertz CT molecular complexity index is 944. The van der Waals surface area contributed by atoms with Gasteiger partial charge in [-0.05, 0) is 55.3 Å². The molecule has 1 N–H and O–H groups in total.